The quantitative estimate of drug-likeness (QED) is 0.400. The average Bonchev–Trinajstić information content (AvgIpc) is 3.29. The fourth-order valence-electron chi connectivity index (χ4n) is 4.33. The number of carbonyl (C=O) groups is 2. The summed E-state index contributed by atoms with van der Waals surface area (Å²) in [6.07, 6.45) is -8.96. The summed E-state index contributed by atoms with van der Waals surface area (Å²) in [7, 11) is 1.08. The Kier molecular flexibility index (Phi) is 8.85. The van der Waals surface area contributed by atoms with Crippen LogP contribution in [0.2, 0.25) is 0 Å². The molecule has 1 aliphatic rings. The summed E-state index contributed by atoms with van der Waals surface area (Å²) in [5.41, 5.74) is -6.71. The predicted molar refractivity (Wildman–Crippen MR) is 137 cm³/mol. The van der Waals surface area contributed by atoms with Gasteiger partial charge in [0.15, 0.2) is 10.4 Å². The van der Waals surface area contributed by atoms with Crippen molar-refractivity contribution in [2.75, 3.05) is 20.2 Å². The molecule has 222 valence electrons. The van der Waals surface area contributed by atoms with Gasteiger partial charge in [0, 0.05) is 24.7 Å². The molecule has 1 saturated heterocycles. The molecule has 0 spiro atoms. The van der Waals surface area contributed by atoms with Crippen LogP contribution in [0.4, 0.5) is 26.3 Å². The number of amides is 2. The molecule has 40 heavy (non-hydrogen) atoms. The largest absolute Gasteiger partial charge is 0.496 e. The summed E-state index contributed by atoms with van der Waals surface area (Å²) in [6, 6.07) is 2.19. The molecule has 14 heteroatoms. The van der Waals surface area contributed by atoms with Crippen molar-refractivity contribution < 1.29 is 45.8 Å². The van der Waals surface area contributed by atoms with E-state index in [0.717, 1.165) is 43.8 Å². The van der Waals surface area contributed by atoms with Gasteiger partial charge >= 0.3 is 12.4 Å². The minimum Gasteiger partial charge on any atom is -0.496 e. The van der Waals surface area contributed by atoms with Crippen molar-refractivity contribution in [2.45, 2.75) is 76.4 Å². The number of aromatic nitrogens is 1. The van der Waals surface area contributed by atoms with Crippen LogP contribution in [-0.2, 0) is 5.41 Å². The van der Waals surface area contributed by atoms with Gasteiger partial charge in [-0.3, -0.25) is 9.59 Å². The first kappa shape index (κ1) is 31.7. The molecule has 3 rings (SSSR count). The zero-order valence-corrected chi connectivity index (χ0v) is 23.4. The van der Waals surface area contributed by atoms with E-state index in [9.17, 15) is 41.0 Å². The van der Waals surface area contributed by atoms with E-state index in [2.05, 4.69) is 10.3 Å². The summed E-state index contributed by atoms with van der Waals surface area (Å²) < 4.78 is 87.6. The second-order valence-corrected chi connectivity index (χ2v) is 11.6. The van der Waals surface area contributed by atoms with Crippen LogP contribution in [0, 0.1) is 0 Å². The van der Waals surface area contributed by atoms with E-state index in [4.69, 9.17) is 4.74 Å². The SMILES string of the molecule is COc1cc(C(C)(C(F)(F)F)C(F)(F)F)ccc1-c1sc(C(=O)NCC(C)(C)O)nc1C(=O)N1CCCC[C@@H]1C. The number of aliphatic hydroxyl groups is 1. The van der Waals surface area contributed by atoms with Gasteiger partial charge in [-0.25, -0.2) is 4.98 Å². The number of carbonyl (C=O) groups excluding carboxylic acids is 2. The number of likely N-dealkylation sites (tertiary alicyclic amines) is 1. The van der Waals surface area contributed by atoms with E-state index in [1.165, 1.54) is 13.8 Å². The van der Waals surface area contributed by atoms with Gasteiger partial charge < -0.3 is 20.1 Å². The van der Waals surface area contributed by atoms with Crippen LogP contribution in [0.25, 0.3) is 10.4 Å². The number of hydrogen-bond acceptors (Lipinski definition) is 6. The van der Waals surface area contributed by atoms with Crippen molar-refractivity contribution in [3.05, 3.63) is 34.5 Å². The smallest absolute Gasteiger partial charge is 0.406 e. The highest BCUT2D eigenvalue weighted by Gasteiger charge is 2.68. The Morgan fingerprint density at radius 2 is 1.75 bits per heavy atom. The normalized spacial score (nSPS) is 17.1. The summed E-state index contributed by atoms with van der Waals surface area (Å²) in [5, 5.41) is 12.3. The van der Waals surface area contributed by atoms with E-state index in [-0.39, 0.29) is 46.4 Å². The highest BCUT2D eigenvalue weighted by molar-refractivity contribution is 7.17. The number of hydrogen-bond donors (Lipinski definition) is 2. The summed E-state index contributed by atoms with van der Waals surface area (Å²) in [5.74, 6) is -1.59. The lowest BCUT2D eigenvalue weighted by Gasteiger charge is -2.34. The van der Waals surface area contributed by atoms with Crippen LogP contribution >= 0.6 is 11.3 Å². The number of nitrogens with one attached hydrogen (secondary N) is 1. The lowest BCUT2D eigenvalue weighted by atomic mass is 9.80. The molecule has 2 N–H and O–H groups in total. The number of rotatable bonds is 7. The number of alkyl halides is 6. The Labute approximate surface area is 231 Å². The van der Waals surface area contributed by atoms with Crippen molar-refractivity contribution in [3.8, 4) is 16.2 Å². The van der Waals surface area contributed by atoms with E-state index in [1.807, 2.05) is 6.92 Å². The summed E-state index contributed by atoms with van der Waals surface area (Å²) >= 11 is 0.742. The standard InChI is InChI=1S/C26H31F6N3O4S/c1-14-8-6-7-11-35(14)22(37)18-19(40-21(34-18)20(36)33-13-23(2,3)38)16-10-9-15(12-17(16)39-5)24(4,25(27,28)29)26(30,31)32/h9-10,12,14,38H,6-8,11,13H2,1-5H3,(H,33,36)/t14-/m0/s1. The zero-order valence-electron chi connectivity index (χ0n) is 22.6. The number of nitrogens with zero attached hydrogens (tertiary/aromatic N) is 2. The average molecular weight is 596 g/mol. The Morgan fingerprint density at radius 3 is 2.27 bits per heavy atom. The molecule has 0 saturated carbocycles. The first-order valence-corrected chi connectivity index (χ1v) is 13.3. The number of thiazole rings is 1. The van der Waals surface area contributed by atoms with Gasteiger partial charge in [0.1, 0.15) is 11.4 Å². The fourth-order valence-corrected chi connectivity index (χ4v) is 5.33. The molecular weight excluding hydrogens is 564 g/mol. The highest BCUT2D eigenvalue weighted by Crippen LogP contribution is 2.53. The van der Waals surface area contributed by atoms with Crippen LogP contribution in [0.3, 0.4) is 0 Å². The van der Waals surface area contributed by atoms with Gasteiger partial charge in [0.25, 0.3) is 11.8 Å². The molecular formula is C26H31F6N3O4S. The predicted octanol–water partition coefficient (Wildman–Crippen LogP) is 5.72. The molecule has 0 bridgehead atoms. The van der Waals surface area contributed by atoms with E-state index in [1.54, 1.807) is 4.90 Å². The molecule has 0 unspecified atom stereocenters. The second-order valence-electron chi connectivity index (χ2n) is 10.6. The Bertz CT molecular complexity index is 1240. The number of piperidine rings is 1. The van der Waals surface area contributed by atoms with E-state index >= 15 is 0 Å². The van der Waals surface area contributed by atoms with E-state index < -0.39 is 40.7 Å². The number of ether oxygens (including phenoxy) is 1. The molecule has 2 heterocycles. The minimum atomic E-state index is -5.67. The molecule has 0 radical (unpaired) electrons. The third-order valence-corrected chi connectivity index (χ3v) is 8.01. The Hall–Kier alpha value is -2.87. The van der Waals surface area contributed by atoms with Gasteiger partial charge in [-0.05, 0) is 64.7 Å². The minimum absolute atomic E-state index is 0.00463. The molecule has 7 nitrogen and oxygen atoms in total. The molecule has 1 fully saturated rings. The second kappa shape index (κ2) is 11.2. The van der Waals surface area contributed by atoms with Crippen LogP contribution in [0.1, 0.15) is 72.8 Å². The maximum atomic E-state index is 13.7. The monoisotopic (exact) mass is 595 g/mol. The van der Waals surface area contributed by atoms with Crippen molar-refractivity contribution in [3.63, 3.8) is 0 Å². The first-order valence-electron chi connectivity index (χ1n) is 12.5. The molecule has 1 atom stereocenters. The first-order chi connectivity index (χ1) is 18.3. The maximum Gasteiger partial charge on any atom is 0.406 e. The van der Waals surface area contributed by atoms with Gasteiger partial charge in [-0.2, -0.15) is 26.3 Å². The van der Waals surface area contributed by atoms with Crippen molar-refractivity contribution in [2.24, 2.45) is 0 Å². The number of benzene rings is 1. The summed E-state index contributed by atoms with van der Waals surface area (Å²) in [6.45, 7) is 5.11. The van der Waals surface area contributed by atoms with Crippen LogP contribution in [0.15, 0.2) is 18.2 Å². The summed E-state index contributed by atoms with van der Waals surface area (Å²) in [4.78, 5) is 32.3. The van der Waals surface area contributed by atoms with Gasteiger partial charge in [-0.15, -0.1) is 11.3 Å². The topological polar surface area (TPSA) is 91.8 Å². The lowest BCUT2D eigenvalue weighted by Crippen LogP contribution is -2.51. The maximum absolute atomic E-state index is 13.7. The molecule has 1 aromatic heterocycles. The van der Waals surface area contributed by atoms with E-state index in [0.29, 0.717) is 18.7 Å². The third kappa shape index (κ3) is 6.22. The highest BCUT2D eigenvalue weighted by atomic mass is 32.1. The van der Waals surface area contributed by atoms with Crippen molar-refractivity contribution in [1.82, 2.24) is 15.2 Å². The molecule has 0 aliphatic carbocycles. The number of methoxy groups -OCH3 is 1. The molecule has 1 aromatic carbocycles. The van der Waals surface area contributed by atoms with Crippen molar-refractivity contribution in [1.29, 1.82) is 0 Å². The zero-order chi connectivity index (χ0) is 30.3. The third-order valence-electron chi connectivity index (χ3n) is 6.93. The van der Waals surface area contributed by atoms with Crippen LogP contribution in [-0.4, -0.2) is 71.0 Å². The molecule has 1 aliphatic heterocycles. The fraction of sp³-hybridized carbons (Fsp3) is 0.577. The lowest BCUT2D eigenvalue weighted by molar-refractivity contribution is -0.297. The van der Waals surface area contributed by atoms with Gasteiger partial charge in [-0.1, -0.05) is 6.07 Å². The molecule has 2 amide bonds. The molecule has 2 aromatic rings. The Morgan fingerprint density at radius 1 is 1.12 bits per heavy atom. The number of halogens is 6. The van der Waals surface area contributed by atoms with Crippen molar-refractivity contribution >= 4 is 23.2 Å². The van der Waals surface area contributed by atoms with Crippen LogP contribution < -0.4 is 10.1 Å². The van der Waals surface area contributed by atoms with Gasteiger partial charge in [0.2, 0.25) is 0 Å². The van der Waals surface area contributed by atoms with Gasteiger partial charge in [0.05, 0.1) is 17.6 Å². The Balaban J connectivity index is 2.17. The van der Waals surface area contributed by atoms with Crippen LogP contribution in [0.5, 0.6) is 5.75 Å².